The van der Waals surface area contributed by atoms with Crippen LogP contribution in [-0.2, 0) is 0 Å². The van der Waals surface area contributed by atoms with Crippen molar-refractivity contribution in [3.05, 3.63) is 70.8 Å². The van der Waals surface area contributed by atoms with Gasteiger partial charge in [-0.15, -0.1) is 12.3 Å². The second kappa shape index (κ2) is 7.67. The molecule has 0 aliphatic rings. The Hall–Kier alpha value is -2.04. The van der Waals surface area contributed by atoms with Crippen LogP contribution in [0.2, 0.25) is 0 Å². The standard InChI is InChI=1S/C20H23N/c1-4-5-9-14-21-20(18-10-7-6-8-11-18)19-13-12-16(2)15-17(19)3/h1,6-8,10-13,15,20-21H,5,9,14H2,2-3H3. The van der Waals surface area contributed by atoms with Crippen LogP contribution in [0.5, 0.6) is 0 Å². The quantitative estimate of drug-likeness (QED) is 0.609. The van der Waals surface area contributed by atoms with Gasteiger partial charge in [0.2, 0.25) is 0 Å². The average Bonchev–Trinajstić information content (AvgIpc) is 2.49. The molecular formula is C20H23N. The predicted molar refractivity (Wildman–Crippen MR) is 90.3 cm³/mol. The molecule has 1 nitrogen and oxygen atoms in total. The van der Waals surface area contributed by atoms with E-state index in [1.54, 1.807) is 0 Å². The zero-order valence-corrected chi connectivity index (χ0v) is 12.9. The second-order valence-corrected chi connectivity index (χ2v) is 5.47. The molecule has 0 radical (unpaired) electrons. The number of nitrogens with one attached hydrogen (secondary N) is 1. The Balaban J connectivity index is 2.25. The van der Waals surface area contributed by atoms with Gasteiger partial charge in [0.25, 0.3) is 0 Å². The Bertz CT molecular complexity index is 607. The summed E-state index contributed by atoms with van der Waals surface area (Å²) in [5.74, 6) is 2.70. The highest BCUT2D eigenvalue weighted by Crippen LogP contribution is 2.25. The molecule has 0 aliphatic carbocycles. The van der Waals surface area contributed by atoms with E-state index < -0.39 is 0 Å². The largest absolute Gasteiger partial charge is 0.306 e. The van der Waals surface area contributed by atoms with Gasteiger partial charge in [-0.05, 0) is 43.5 Å². The maximum atomic E-state index is 5.33. The van der Waals surface area contributed by atoms with Gasteiger partial charge in [0.05, 0.1) is 6.04 Å². The minimum Gasteiger partial charge on any atom is -0.306 e. The molecule has 2 aromatic rings. The SMILES string of the molecule is C#CCCCNC(c1ccccc1)c1ccc(C)cc1C. The summed E-state index contributed by atoms with van der Waals surface area (Å²) in [6, 6.07) is 17.5. The molecule has 0 aromatic heterocycles. The highest BCUT2D eigenvalue weighted by atomic mass is 14.9. The zero-order chi connectivity index (χ0) is 15.1. The fraction of sp³-hybridized carbons (Fsp3) is 0.300. The maximum absolute atomic E-state index is 5.33. The highest BCUT2D eigenvalue weighted by Gasteiger charge is 2.15. The molecule has 1 unspecified atom stereocenters. The third-order valence-electron chi connectivity index (χ3n) is 3.72. The average molecular weight is 277 g/mol. The summed E-state index contributed by atoms with van der Waals surface area (Å²) in [6.45, 7) is 5.24. The Kier molecular flexibility index (Phi) is 5.60. The molecule has 1 heteroatoms. The normalized spacial score (nSPS) is 11.9. The smallest absolute Gasteiger partial charge is 0.0579 e. The topological polar surface area (TPSA) is 12.0 Å². The third-order valence-corrected chi connectivity index (χ3v) is 3.72. The van der Waals surface area contributed by atoms with Crippen molar-refractivity contribution in [2.45, 2.75) is 32.7 Å². The van der Waals surface area contributed by atoms with Crippen LogP contribution in [0.25, 0.3) is 0 Å². The number of rotatable bonds is 6. The van der Waals surface area contributed by atoms with Crippen molar-refractivity contribution in [1.29, 1.82) is 0 Å². The molecule has 21 heavy (non-hydrogen) atoms. The maximum Gasteiger partial charge on any atom is 0.0579 e. The Morgan fingerprint density at radius 3 is 2.52 bits per heavy atom. The minimum absolute atomic E-state index is 0.226. The fourth-order valence-electron chi connectivity index (χ4n) is 2.64. The first-order chi connectivity index (χ1) is 10.2. The first-order valence-corrected chi connectivity index (χ1v) is 7.51. The van der Waals surface area contributed by atoms with E-state index in [1.165, 1.54) is 22.3 Å². The van der Waals surface area contributed by atoms with Gasteiger partial charge in [-0.2, -0.15) is 0 Å². The molecule has 108 valence electrons. The van der Waals surface area contributed by atoms with Crippen molar-refractivity contribution in [1.82, 2.24) is 5.32 Å². The fourth-order valence-corrected chi connectivity index (χ4v) is 2.64. The van der Waals surface area contributed by atoms with Gasteiger partial charge in [-0.25, -0.2) is 0 Å². The number of benzene rings is 2. The van der Waals surface area contributed by atoms with E-state index >= 15 is 0 Å². The molecule has 0 spiro atoms. The molecule has 0 bridgehead atoms. The molecular weight excluding hydrogens is 254 g/mol. The van der Waals surface area contributed by atoms with Crippen molar-refractivity contribution >= 4 is 0 Å². The summed E-state index contributed by atoms with van der Waals surface area (Å²) < 4.78 is 0. The number of terminal acetylenes is 1. The van der Waals surface area contributed by atoms with Crippen LogP contribution >= 0.6 is 0 Å². The van der Waals surface area contributed by atoms with E-state index in [2.05, 4.69) is 73.6 Å². The molecule has 0 heterocycles. The van der Waals surface area contributed by atoms with Crippen LogP contribution < -0.4 is 5.32 Å². The molecule has 0 amide bonds. The van der Waals surface area contributed by atoms with E-state index in [4.69, 9.17) is 6.42 Å². The number of hydrogen-bond donors (Lipinski definition) is 1. The zero-order valence-electron chi connectivity index (χ0n) is 12.9. The lowest BCUT2D eigenvalue weighted by Crippen LogP contribution is -2.24. The minimum atomic E-state index is 0.226. The lowest BCUT2D eigenvalue weighted by molar-refractivity contribution is 0.587. The number of hydrogen-bond acceptors (Lipinski definition) is 1. The first-order valence-electron chi connectivity index (χ1n) is 7.51. The van der Waals surface area contributed by atoms with Crippen molar-refractivity contribution in [3.8, 4) is 12.3 Å². The van der Waals surface area contributed by atoms with Crippen molar-refractivity contribution in [2.24, 2.45) is 0 Å². The summed E-state index contributed by atoms with van der Waals surface area (Å²) in [5, 5.41) is 3.65. The molecule has 0 saturated carbocycles. The summed E-state index contributed by atoms with van der Waals surface area (Å²) in [5.41, 5.74) is 5.27. The lowest BCUT2D eigenvalue weighted by atomic mass is 9.93. The van der Waals surface area contributed by atoms with Crippen molar-refractivity contribution in [3.63, 3.8) is 0 Å². The summed E-state index contributed by atoms with van der Waals surface area (Å²) in [7, 11) is 0. The molecule has 0 saturated heterocycles. The van der Waals surface area contributed by atoms with Gasteiger partial charge in [-0.3, -0.25) is 0 Å². The summed E-state index contributed by atoms with van der Waals surface area (Å²) in [6.07, 6.45) is 7.16. The summed E-state index contributed by atoms with van der Waals surface area (Å²) in [4.78, 5) is 0. The van der Waals surface area contributed by atoms with Crippen LogP contribution in [0.15, 0.2) is 48.5 Å². The van der Waals surface area contributed by atoms with E-state index in [1.807, 2.05) is 0 Å². The van der Waals surface area contributed by atoms with Crippen LogP contribution in [0, 0.1) is 26.2 Å². The van der Waals surface area contributed by atoms with E-state index in [9.17, 15) is 0 Å². The van der Waals surface area contributed by atoms with Crippen molar-refractivity contribution in [2.75, 3.05) is 6.54 Å². The van der Waals surface area contributed by atoms with Gasteiger partial charge < -0.3 is 5.32 Å². The van der Waals surface area contributed by atoms with E-state index in [-0.39, 0.29) is 6.04 Å². The second-order valence-electron chi connectivity index (χ2n) is 5.47. The number of aryl methyl sites for hydroxylation is 2. The number of unbranched alkanes of at least 4 members (excludes halogenated alkanes) is 1. The molecule has 1 atom stereocenters. The Labute approximate surface area is 128 Å². The van der Waals surface area contributed by atoms with Gasteiger partial charge in [0.1, 0.15) is 0 Å². The van der Waals surface area contributed by atoms with Crippen LogP contribution in [0.3, 0.4) is 0 Å². The van der Waals surface area contributed by atoms with Crippen molar-refractivity contribution < 1.29 is 0 Å². The van der Waals surface area contributed by atoms with Crippen LogP contribution in [-0.4, -0.2) is 6.54 Å². The van der Waals surface area contributed by atoms with Gasteiger partial charge in [0, 0.05) is 6.42 Å². The summed E-state index contributed by atoms with van der Waals surface area (Å²) >= 11 is 0. The van der Waals surface area contributed by atoms with E-state index in [0.717, 1.165) is 19.4 Å². The van der Waals surface area contributed by atoms with Gasteiger partial charge >= 0.3 is 0 Å². The van der Waals surface area contributed by atoms with Crippen LogP contribution in [0.4, 0.5) is 0 Å². The van der Waals surface area contributed by atoms with E-state index in [0.29, 0.717) is 0 Å². The molecule has 0 fully saturated rings. The molecule has 2 rings (SSSR count). The lowest BCUT2D eigenvalue weighted by Gasteiger charge is -2.22. The molecule has 1 N–H and O–H groups in total. The van der Waals surface area contributed by atoms with Gasteiger partial charge in [-0.1, -0.05) is 54.1 Å². The Morgan fingerprint density at radius 1 is 1.10 bits per heavy atom. The van der Waals surface area contributed by atoms with Crippen LogP contribution in [0.1, 0.15) is 41.1 Å². The molecule has 0 aliphatic heterocycles. The first kappa shape index (κ1) is 15.4. The highest BCUT2D eigenvalue weighted by molar-refractivity contribution is 5.38. The van der Waals surface area contributed by atoms with Gasteiger partial charge in [0.15, 0.2) is 0 Å². The predicted octanol–water partition coefficient (Wildman–Crippen LogP) is 4.40. The molecule has 2 aromatic carbocycles. The third kappa shape index (κ3) is 4.21. The Morgan fingerprint density at radius 2 is 1.86 bits per heavy atom. The monoisotopic (exact) mass is 277 g/mol.